The van der Waals surface area contributed by atoms with E-state index in [-0.39, 0.29) is 0 Å². The van der Waals surface area contributed by atoms with Crippen molar-refractivity contribution >= 4 is 11.4 Å². The molecule has 0 bridgehead atoms. The fourth-order valence-corrected chi connectivity index (χ4v) is 2.12. The Balaban J connectivity index is 2.32. The number of para-hydroxylation sites is 2. The molecule has 18 heavy (non-hydrogen) atoms. The lowest BCUT2D eigenvalue weighted by Crippen LogP contribution is -2.32. The van der Waals surface area contributed by atoms with E-state index in [9.17, 15) is 0 Å². The van der Waals surface area contributed by atoms with Gasteiger partial charge in [-0.05, 0) is 18.2 Å². The molecule has 1 heterocycles. The van der Waals surface area contributed by atoms with E-state index >= 15 is 0 Å². The largest absolute Gasteiger partial charge is 0.374 e. The summed E-state index contributed by atoms with van der Waals surface area (Å²) in [5.74, 6) is 1.07. The van der Waals surface area contributed by atoms with Gasteiger partial charge in [0.1, 0.15) is 5.82 Å². The molecule has 2 rings (SSSR count). The molecule has 0 amide bonds. The lowest BCUT2D eigenvalue weighted by atomic mass is 10.2. The number of nitrogens with zero attached hydrogens (tertiary/aromatic N) is 2. The summed E-state index contributed by atoms with van der Waals surface area (Å²) >= 11 is 0. The van der Waals surface area contributed by atoms with Crippen LogP contribution in [0, 0.1) is 0 Å². The zero-order valence-corrected chi connectivity index (χ0v) is 10.9. The van der Waals surface area contributed by atoms with Gasteiger partial charge in [-0.2, -0.15) is 0 Å². The molecule has 1 aliphatic rings. The molecule has 0 saturated heterocycles. The SMILES string of the molecule is C=C/C=C\C=C(/NC)N1CN(C)c2ccccc21. The van der Waals surface area contributed by atoms with E-state index in [2.05, 4.69) is 59.1 Å². The number of hydrogen-bond donors (Lipinski definition) is 1. The third-order valence-corrected chi connectivity index (χ3v) is 2.99. The molecule has 0 aliphatic carbocycles. The minimum Gasteiger partial charge on any atom is -0.374 e. The summed E-state index contributed by atoms with van der Waals surface area (Å²) in [7, 11) is 4.04. The van der Waals surface area contributed by atoms with Crippen LogP contribution in [0.1, 0.15) is 0 Å². The summed E-state index contributed by atoms with van der Waals surface area (Å²) in [4.78, 5) is 4.49. The molecule has 94 valence electrons. The van der Waals surface area contributed by atoms with Crippen molar-refractivity contribution in [2.45, 2.75) is 0 Å². The standard InChI is InChI=1S/C15H19N3/c1-4-5-6-11-15(16-2)18-12-17(3)13-9-7-8-10-14(13)18/h4-11,16H,1,12H2,2-3H3/b6-5-,15-11+. The minimum atomic E-state index is 0.855. The van der Waals surface area contributed by atoms with Crippen LogP contribution in [0.2, 0.25) is 0 Å². The summed E-state index contributed by atoms with van der Waals surface area (Å²) in [6.07, 6.45) is 7.73. The summed E-state index contributed by atoms with van der Waals surface area (Å²) in [5, 5.41) is 3.24. The maximum atomic E-state index is 3.67. The Hall–Kier alpha value is -2.16. The van der Waals surface area contributed by atoms with Gasteiger partial charge in [-0.25, -0.2) is 0 Å². The Kier molecular flexibility index (Phi) is 3.72. The van der Waals surface area contributed by atoms with Crippen LogP contribution in [0.25, 0.3) is 0 Å². The number of allylic oxidation sites excluding steroid dienone is 4. The van der Waals surface area contributed by atoms with E-state index in [0.717, 1.165) is 12.5 Å². The molecule has 1 aromatic carbocycles. The van der Waals surface area contributed by atoms with E-state index in [1.54, 1.807) is 6.08 Å². The zero-order valence-electron chi connectivity index (χ0n) is 10.9. The molecule has 0 atom stereocenters. The van der Waals surface area contributed by atoms with Gasteiger partial charge >= 0.3 is 0 Å². The van der Waals surface area contributed by atoms with Gasteiger partial charge in [0.15, 0.2) is 0 Å². The second-order valence-corrected chi connectivity index (χ2v) is 4.18. The first-order valence-corrected chi connectivity index (χ1v) is 6.02. The summed E-state index contributed by atoms with van der Waals surface area (Å²) in [5.41, 5.74) is 2.49. The van der Waals surface area contributed by atoms with Crippen molar-refractivity contribution in [1.29, 1.82) is 0 Å². The number of fused-ring (bicyclic) bond motifs is 1. The topological polar surface area (TPSA) is 18.5 Å². The highest BCUT2D eigenvalue weighted by Crippen LogP contribution is 2.36. The quantitative estimate of drug-likeness (QED) is 0.818. The van der Waals surface area contributed by atoms with Crippen LogP contribution in [0.3, 0.4) is 0 Å². The molecule has 1 aromatic rings. The van der Waals surface area contributed by atoms with Crippen LogP contribution < -0.4 is 15.1 Å². The summed E-state index contributed by atoms with van der Waals surface area (Å²) in [6.45, 7) is 4.53. The average molecular weight is 241 g/mol. The first kappa shape index (κ1) is 12.3. The van der Waals surface area contributed by atoms with E-state index in [1.807, 2.05) is 19.2 Å². The van der Waals surface area contributed by atoms with E-state index in [1.165, 1.54) is 11.4 Å². The molecule has 0 radical (unpaired) electrons. The normalized spacial score (nSPS) is 15.1. The molecule has 3 heteroatoms. The number of rotatable bonds is 4. The second-order valence-electron chi connectivity index (χ2n) is 4.18. The molecular formula is C15H19N3. The second kappa shape index (κ2) is 5.45. The smallest absolute Gasteiger partial charge is 0.107 e. The lowest BCUT2D eigenvalue weighted by Gasteiger charge is -2.22. The summed E-state index contributed by atoms with van der Waals surface area (Å²) in [6, 6.07) is 8.42. The Labute approximate surface area is 109 Å². The first-order chi connectivity index (χ1) is 8.77. The number of anilines is 2. The predicted molar refractivity (Wildman–Crippen MR) is 78.7 cm³/mol. The van der Waals surface area contributed by atoms with Gasteiger partial charge in [0, 0.05) is 14.1 Å². The third kappa shape index (κ3) is 2.25. The number of benzene rings is 1. The van der Waals surface area contributed by atoms with Crippen LogP contribution >= 0.6 is 0 Å². The molecule has 0 saturated carbocycles. The zero-order chi connectivity index (χ0) is 13.0. The fourth-order valence-electron chi connectivity index (χ4n) is 2.12. The molecule has 0 unspecified atom stereocenters. The number of nitrogens with one attached hydrogen (secondary N) is 1. The third-order valence-electron chi connectivity index (χ3n) is 2.99. The van der Waals surface area contributed by atoms with Crippen molar-refractivity contribution in [3.05, 3.63) is 61.0 Å². The van der Waals surface area contributed by atoms with Crippen LogP contribution in [-0.2, 0) is 0 Å². The molecule has 1 N–H and O–H groups in total. The van der Waals surface area contributed by atoms with Gasteiger partial charge in [0.25, 0.3) is 0 Å². The summed E-state index contributed by atoms with van der Waals surface area (Å²) < 4.78 is 0. The van der Waals surface area contributed by atoms with E-state index < -0.39 is 0 Å². The van der Waals surface area contributed by atoms with Crippen LogP contribution in [0.15, 0.2) is 61.0 Å². The average Bonchev–Trinajstić information content (AvgIpc) is 2.73. The van der Waals surface area contributed by atoms with Crippen LogP contribution in [-0.4, -0.2) is 20.8 Å². The van der Waals surface area contributed by atoms with Gasteiger partial charge in [0.2, 0.25) is 0 Å². The molecule has 0 aromatic heterocycles. The van der Waals surface area contributed by atoms with Crippen LogP contribution in [0.4, 0.5) is 11.4 Å². The highest BCUT2D eigenvalue weighted by Gasteiger charge is 2.24. The van der Waals surface area contributed by atoms with Gasteiger partial charge in [-0.15, -0.1) is 0 Å². The van der Waals surface area contributed by atoms with Crippen molar-refractivity contribution in [2.75, 3.05) is 30.6 Å². The lowest BCUT2D eigenvalue weighted by molar-refractivity contribution is 0.831. The van der Waals surface area contributed by atoms with E-state index in [0.29, 0.717) is 0 Å². The molecular weight excluding hydrogens is 222 g/mol. The van der Waals surface area contributed by atoms with Gasteiger partial charge in [0.05, 0.1) is 18.0 Å². The van der Waals surface area contributed by atoms with Crippen molar-refractivity contribution in [1.82, 2.24) is 5.32 Å². The highest BCUT2D eigenvalue weighted by atomic mass is 15.4. The highest BCUT2D eigenvalue weighted by molar-refractivity contribution is 5.77. The molecule has 0 spiro atoms. The molecule has 0 fully saturated rings. The monoisotopic (exact) mass is 241 g/mol. The maximum absolute atomic E-state index is 3.67. The minimum absolute atomic E-state index is 0.855. The molecule has 3 nitrogen and oxygen atoms in total. The van der Waals surface area contributed by atoms with Crippen molar-refractivity contribution < 1.29 is 0 Å². The van der Waals surface area contributed by atoms with E-state index in [4.69, 9.17) is 0 Å². The maximum Gasteiger partial charge on any atom is 0.107 e. The van der Waals surface area contributed by atoms with Crippen LogP contribution in [0.5, 0.6) is 0 Å². The van der Waals surface area contributed by atoms with Crippen molar-refractivity contribution in [2.24, 2.45) is 0 Å². The first-order valence-electron chi connectivity index (χ1n) is 6.02. The van der Waals surface area contributed by atoms with Crippen molar-refractivity contribution in [3.63, 3.8) is 0 Å². The van der Waals surface area contributed by atoms with Crippen molar-refractivity contribution in [3.8, 4) is 0 Å². The fraction of sp³-hybridized carbons (Fsp3) is 0.200. The Morgan fingerprint density at radius 3 is 2.67 bits per heavy atom. The number of hydrogen-bond acceptors (Lipinski definition) is 3. The Morgan fingerprint density at radius 2 is 2.00 bits per heavy atom. The predicted octanol–water partition coefficient (Wildman–Crippen LogP) is 2.70. The molecule has 1 aliphatic heterocycles. The van der Waals surface area contributed by atoms with Gasteiger partial charge in [-0.3, -0.25) is 0 Å². The van der Waals surface area contributed by atoms with Gasteiger partial charge < -0.3 is 15.1 Å². The Morgan fingerprint density at radius 1 is 1.28 bits per heavy atom. The van der Waals surface area contributed by atoms with Gasteiger partial charge in [-0.1, -0.05) is 36.9 Å². The Bertz CT molecular complexity index is 488.